The van der Waals surface area contributed by atoms with E-state index in [1.54, 1.807) is 11.3 Å². The van der Waals surface area contributed by atoms with Crippen LogP contribution in [-0.4, -0.2) is 25.7 Å². The Bertz CT molecular complexity index is 375. The van der Waals surface area contributed by atoms with Crippen LogP contribution < -0.4 is 11.1 Å². The summed E-state index contributed by atoms with van der Waals surface area (Å²) in [5.74, 6) is 0.524. The first-order valence-electron chi connectivity index (χ1n) is 6.92. The van der Waals surface area contributed by atoms with Crippen molar-refractivity contribution in [3.05, 3.63) is 22.4 Å². The van der Waals surface area contributed by atoms with Crippen LogP contribution in [0.4, 0.5) is 0 Å². The number of thiophene rings is 1. The summed E-state index contributed by atoms with van der Waals surface area (Å²) in [6.45, 7) is 0.983. The number of carbonyl (C=O) groups is 1. The maximum atomic E-state index is 11.9. The molecule has 1 heterocycles. The van der Waals surface area contributed by atoms with E-state index in [2.05, 4.69) is 16.8 Å². The minimum atomic E-state index is -0.0428. The van der Waals surface area contributed by atoms with Crippen molar-refractivity contribution in [3.8, 4) is 0 Å². The van der Waals surface area contributed by atoms with Gasteiger partial charge in [0.25, 0.3) is 0 Å². The first kappa shape index (κ1) is 14.5. The predicted octanol–water partition coefficient (Wildman–Crippen LogP) is 2.07. The van der Waals surface area contributed by atoms with E-state index in [0.717, 1.165) is 0 Å². The van der Waals surface area contributed by atoms with Gasteiger partial charge in [-0.15, -0.1) is 11.3 Å². The Kier molecular flexibility index (Phi) is 5.82. The van der Waals surface area contributed by atoms with Gasteiger partial charge in [-0.3, -0.25) is 4.79 Å². The lowest BCUT2D eigenvalue weighted by molar-refractivity contribution is -0.126. The predicted molar refractivity (Wildman–Crippen MR) is 77.0 cm³/mol. The van der Waals surface area contributed by atoms with E-state index in [0.29, 0.717) is 19.1 Å². The summed E-state index contributed by atoms with van der Waals surface area (Å²) in [4.78, 5) is 13.2. The first-order valence-corrected chi connectivity index (χ1v) is 7.80. The van der Waals surface area contributed by atoms with E-state index in [1.165, 1.54) is 30.6 Å². The number of carbonyl (C=O) groups excluding carboxylic acids is 1. The third kappa shape index (κ3) is 4.30. The van der Waals surface area contributed by atoms with Crippen molar-refractivity contribution in [2.24, 2.45) is 11.7 Å². The van der Waals surface area contributed by atoms with Crippen LogP contribution in [0.25, 0.3) is 0 Å². The monoisotopic (exact) mass is 282 g/mol. The highest BCUT2D eigenvalue weighted by molar-refractivity contribution is 7.10. The largest absolute Gasteiger partial charge is 0.370 e. The normalized spacial score (nSPS) is 17.5. The summed E-state index contributed by atoms with van der Waals surface area (Å²) in [7, 11) is 0. The van der Waals surface area contributed by atoms with Crippen LogP contribution in [0.5, 0.6) is 0 Å². The molecule has 4 nitrogen and oxygen atoms in total. The first-order chi connectivity index (χ1) is 9.31. The molecule has 0 bridgehead atoms. The van der Waals surface area contributed by atoms with E-state index < -0.39 is 0 Å². The lowest BCUT2D eigenvalue weighted by Crippen LogP contribution is -2.35. The molecule has 1 fully saturated rings. The van der Waals surface area contributed by atoms with E-state index in [1.807, 2.05) is 6.07 Å². The van der Waals surface area contributed by atoms with Gasteiger partial charge in [-0.05, 0) is 30.2 Å². The Morgan fingerprint density at radius 1 is 1.53 bits per heavy atom. The van der Waals surface area contributed by atoms with E-state index >= 15 is 0 Å². The molecule has 1 aromatic heterocycles. The van der Waals surface area contributed by atoms with Crippen LogP contribution >= 0.6 is 11.3 Å². The van der Waals surface area contributed by atoms with Crippen LogP contribution in [0.3, 0.4) is 0 Å². The molecule has 5 heteroatoms. The van der Waals surface area contributed by atoms with Gasteiger partial charge in [0.15, 0.2) is 0 Å². The second kappa shape index (κ2) is 7.62. The Morgan fingerprint density at radius 3 is 2.95 bits per heavy atom. The van der Waals surface area contributed by atoms with Crippen LogP contribution in [0.15, 0.2) is 17.5 Å². The minimum absolute atomic E-state index is 0.0428. The van der Waals surface area contributed by atoms with E-state index in [-0.39, 0.29) is 18.6 Å². The van der Waals surface area contributed by atoms with Gasteiger partial charge in [0.05, 0.1) is 12.6 Å². The van der Waals surface area contributed by atoms with Gasteiger partial charge in [-0.25, -0.2) is 0 Å². The fourth-order valence-corrected chi connectivity index (χ4v) is 3.51. The lowest BCUT2D eigenvalue weighted by atomic mass is 9.96. The summed E-state index contributed by atoms with van der Waals surface area (Å²) in [5, 5.41) is 5.19. The summed E-state index contributed by atoms with van der Waals surface area (Å²) in [6.07, 6.45) is 4.94. The van der Waals surface area contributed by atoms with Gasteiger partial charge in [-0.2, -0.15) is 0 Å². The second-order valence-electron chi connectivity index (χ2n) is 4.95. The average molecular weight is 282 g/mol. The fraction of sp³-hybridized carbons (Fsp3) is 0.643. The number of hydrogen-bond acceptors (Lipinski definition) is 4. The molecule has 1 aliphatic carbocycles. The molecule has 3 N–H and O–H groups in total. The smallest absolute Gasteiger partial charge is 0.246 e. The van der Waals surface area contributed by atoms with Crippen LogP contribution in [0, 0.1) is 5.92 Å². The summed E-state index contributed by atoms with van der Waals surface area (Å²) in [5.41, 5.74) is 5.34. The van der Waals surface area contributed by atoms with E-state index in [9.17, 15) is 4.79 Å². The van der Waals surface area contributed by atoms with Crippen molar-refractivity contribution < 1.29 is 9.53 Å². The Hall–Kier alpha value is -0.910. The standard InChI is InChI=1S/C14H22N2O2S/c15-7-8-18-10-13(17)16-14(11-4-1-2-5-11)12-6-3-9-19-12/h3,6,9,11,14H,1-2,4-5,7-8,10,15H2,(H,16,17). The molecule has 1 aliphatic rings. The minimum Gasteiger partial charge on any atom is -0.370 e. The summed E-state index contributed by atoms with van der Waals surface area (Å²) < 4.78 is 5.19. The van der Waals surface area contributed by atoms with Gasteiger partial charge in [0, 0.05) is 11.4 Å². The number of rotatable bonds is 7. The van der Waals surface area contributed by atoms with Gasteiger partial charge in [0.1, 0.15) is 6.61 Å². The SMILES string of the molecule is NCCOCC(=O)NC(c1cccs1)C1CCCC1. The van der Waals surface area contributed by atoms with Crippen molar-refractivity contribution in [3.63, 3.8) is 0 Å². The molecule has 0 aromatic carbocycles. The van der Waals surface area contributed by atoms with Crippen LogP contribution in [0.1, 0.15) is 36.6 Å². The van der Waals surface area contributed by atoms with Crippen molar-refractivity contribution in [1.82, 2.24) is 5.32 Å². The lowest BCUT2D eigenvalue weighted by Gasteiger charge is -2.23. The molecule has 0 aliphatic heterocycles. The Balaban J connectivity index is 1.92. The molecule has 1 unspecified atom stereocenters. The zero-order valence-corrected chi connectivity index (χ0v) is 12.0. The van der Waals surface area contributed by atoms with Crippen LogP contribution in [0.2, 0.25) is 0 Å². The maximum Gasteiger partial charge on any atom is 0.246 e. The topological polar surface area (TPSA) is 64.3 Å². The van der Waals surface area contributed by atoms with Crippen molar-refractivity contribution in [2.45, 2.75) is 31.7 Å². The number of hydrogen-bond donors (Lipinski definition) is 2. The van der Waals surface area contributed by atoms with E-state index in [4.69, 9.17) is 10.5 Å². The third-order valence-electron chi connectivity index (χ3n) is 3.53. The molecule has 1 atom stereocenters. The zero-order valence-electron chi connectivity index (χ0n) is 11.1. The quantitative estimate of drug-likeness (QED) is 0.753. The molecule has 2 rings (SSSR count). The van der Waals surface area contributed by atoms with Crippen molar-refractivity contribution in [2.75, 3.05) is 19.8 Å². The molecule has 1 amide bonds. The Labute approximate surface area is 118 Å². The number of nitrogens with one attached hydrogen (secondary N) is 1. The van der Waals surface area contributed by atoms with Gasteiger partial charge >= 0.3 is 0 Å². The molecule has 0 saturated heterocycles. The maximum absolute atomic E-state index is 11.9. The third-order valence-corrected chi connectivity index (χ3v) is 4.49. The van der Waals surface area contributed by atoms with Crippen molar-refractivity contribution >= 4 is 17.2 Å². The zero-order chi connectivity index (χ0) is 13.5. The molecule has 19 heavy (non-hydrogen) atoms. The molecule has 0 radical (unpaired) electrons. The number of ether oxygens (including phenoxy) is 1. The average Bonchev–Trinajstić information content (AvgIpc) is 3.09. The van der Waals surface area contributed by atoms with Gasteiger partial charge in [-0.1, -0.05) is 18.9 Å². The second-order valence-corrected chi connectivity index (χ2v) is 5.93. The molecule has 106 valence electrons. The molecule has 0 spiro atoms. The highest BCUT2D eigenvalue weighted by atomic mass is 32.1. The molecule has 1 saturated carbocycles. The van der Waals surface area contributed by atoms with Gasteiger partial charge in [0.2, 0.25) is 5.91 Å². The fourth-order valence-electron chi connectivity index (χ4n) is 2.64. The molecular weight excluding hydrogens is 260 g/mol. The highest BCUT2D eigenvalue weighted by Crippen LogP contribution is 2.37. The Morgan fingerprint density at radius 2 is 2.32 bits per heavy atom. The summed E-state index contributed by atoms with van der Waals surface area (Å²) in [6, 6.07) is 4.30. The highest BCUT2D eigenvalue weighted by Gasteiger charge is 2.28. The molecule has 1 aromatic rings. The molecular formula is C14H22N2O2S. The number of amides is 1. The number of nitrogens with two attached hydrogens (primary N) is 1. The van der Waals surface area contributed by atoms with Crippen LogP contribution in [-0.2, 0) is 9.53 Å². The summed E-state index contributed by atoms with van der Waals surface area (Å²) >= 11 is 1.71. The van der Waals surface area contributed by atoms with Gasteiger partial charge < -0.3 is 15.8 Å². The van der Waals surface area contributed by atoms with Crippen molar-refractivity contribution in [1.29, 1.82) is 0 Å².